The van der Waals surface area contributed by atoms with Crippen molar-refractivity contribution in [3.8, 4) is 0 Å². The Morgan fingerprint density at radius 1 is 0.963 bits per heavy atom. The fraction of sp³-hybridized carbons (Fsp3) is 0.455. The zero-order valence-electron chi connectivity index (χ0n) is 15.3. The van der Waals surface area contributed by atoms with Crippen molar-refractivity contribution in [2.75, 3.05) is 0 Å². The Bertz CT molecular complexity index is 835. The smallest absolute Gasteiger partial charge is 0.184 e. The molecule has 2 aliphatic carbocycles. The molecule has 0 amide bonds. The van der Waals surface area contributed by atoms with Crippen LogP contribution < -0.4 is 5.73 Å². The Balaban J connectivity index is 1.49. The number of ketones is 1. The molecule has 27 heavy (non-hydrogen) atoms. The van der Waals surface area contributed by atoms with Crippen molar-refractivity contribution in [3.63, 3.8) is 0 Å². The zero-order valence-corrected chi connectivity index (χ0v) is 15.3. The lowest BCUT2D eigenvalue weighted by molar-refractivity contribution is 0.0877. The molecule has 2 saturated carbocycles. The minimum absolute atomic E-state index is 0.0716. The van der Waals surface area contributed by atoms with E-state index in [0.29, 0.717) is 23.7 Å². The van der Waals surface area contributed by atoms with Crippen molar-refractivity contribution in [1.82, 2.24) is 4.98 Å². The average molecular weight is 370 g/mol. The summed E-state index contributed by atoms with van der Waals surface area (Å²) >= 11 is 0. The van der Waals surface area contributed by atoms with Crippen molar-refractivity contribution in [2.24, 2.45) is 11.7 Å². The first-order chi connectivity index (χ1) is 13.0. The molecule has 1 heterocycles. The highest BCUT2D eigenvalue weighted by Crippen LogP contribution is 2.43. The van der Waals surface area contributed by atoms with Gasteiger partial charge in [-0.15, -0.1) is 0 Å². The maximum Gasteiger partial charge on any atom is 0.184 e. The third kappa shape index (κ3) is 3.93. The lowest BCUT2D eigenvalue weighted by Crippen LogP contribution is -2.24. The number of pyridine rings is 1. The summed E-state index contributed by atoms with van der Waals surface area (Å²) < 4.78 is 27.0. The number of hydrogen-bond donors (Lipinski definition) is 1. The summed E-state index contributed by atoms with van der Waals surface area (Å²) in [7, 11) is 0. The Morgan fingerprint density at radius 2 is 1.59 bits per heavy atom. The second-order valence-corrected chi connectivity index (χ2v) is 7.83. The number of hydrogen-bond acceptors (Lipinski definition) is 3. The lowest BCUT2D eigenvalue weighted by atomic mass is 9.76. The number of rotatable bonds is 5. The van der Waals surface area contributed by atoms with Crippen LogP contribution in [0.2, 0.25) is 0 Å². The molecule has 2 aromatic rings. The van der Waals surface area contributed by atoms with Crippen molar-refractivity contribution < 1.29 is 13.6 Å². The van der Waals surface area contributed by atoms with Gasteiger partial charge in [-0.3, -0.25) is 4.79 Å². The largest absolute Gasteiger partial charge is 0.325 e. The molecule has 1 aromatic heterocycles. The van der Waals surface area contributed by atoms with E-state index in [2.05, 4.69) is 4.98 Å². The summed E-state index contributed by atoms with van der Waals surface area (Å²) in [6.07, 6.45) is 5.19. The standard InChI is InChI=1S/C22H24F2N2O/c23-17-9-16(10-18(24)11-17)13-1-5-15(6-2-13)22(27)21-20(14-3-4-14)8-7-19(12-25)26-21/h7-11,13-15H,1-6,12,25H2. The minimum atomic E-state index is -0.542. The lowest BCUT2D eigenvalue weighted by Gasteiger charge is -2.28. The van der Waals surface area contributed by atoms with Crippen molar-refractivity contribution in [1.29, 1.82) is 0 Å². The number of benzene rings is 1. The Hall–Kier alpha value is -2.14. The van der Waals surface area contributed by atoms with Crippen LogP contribution in [0.25, 0.3) is 0 Å². The third-order valence-electron chi connectivity index (χ3n) is 5.90. The van der Waals surface area contributed by atoms with Gasteiger partial charge in [0.25, 0.3) is 0 Å². The molecule has 0 radical (unpaired) electrons. The maximum absolute atomic E-state index is 13.5. The minimum Gasteiger partial charge on any atom is -0.325 e. The summed E-state index contributed by atoms with van der Waals surface area (Å²) in [6, 6.07) is 7.65. The highest BCUT2D eigenvalue weighted by Gasteiger charge is 2.34. The van der Waals surface area contributed by atoms with E-state index in [0.717, 1.165) is 55.8 Å². The molecule has 0 spiro atoms. The molecule has 142 valence electrons. The molecular formula is C22H24F2N2O. The highest BCUT2D eigenvalue weighted by atomic mass is 19.1. The number of aromatic nitrogens is 1. The van der Waals surface area contributed by atoms with E-state index >= 15 is 0 Å². The van der Waals surface area contributed by atoms with Gasteiger partial charge in [0.15, 0.2) is 5.78 Å². The summed E-state index contributed by atoms with van der Waals surface area (Å²) in [5, 5.41) is 0. The summed E-state index contributed by atoms with van der Waals surface area (Å²) in [6.45, 7) is 0.323. The van der Waals surface area contributed by atoms with Gasteiger partial charge in [0, 0.05) is 18.5 Å². The molecule has 0 bridgehead atoms. The molecule has 0 aliphatic heterocycles. The van der Waals surface area contributed by atoms with Crippen LogP contribution >= 0.6 is 0 Å². The molecular weight excluding hydrogens is 346 g/mol. The van der Waals surface area contributed by atoms with E-state index in [1.54, 1.807) is 0 Å². The zero-order chi connectivity index (χ0) is 19.0. The third-order valence-corrected chi connectivity index (χ3v) is 5.90. The SMILES string of the molecule is NCc1ccc(C2CC2)c(C(=O)C2CCC(c3cc(F)cc(F)c3)CC2)n1. The molecule has 0 unspecified atom stereocenters. The summed E-state index contributed by atoms with van der Waals surface area (Å²) in [5.41, 5.74) is 8.81. The Morgan fingerprint density at radius 3 is 2.19 bits per heavy atom. The fourth-order valence-electron chi connectivity index (χ4n) is 4.24. The molecule has 4 rings (SSSR count). The van der Waals surface area contributed by atoms with Crippen molar-refractivity contribution >= 4 is 5.78 Å². The van der Waals surface area contributed by atoms with Crippen molar-refractivity contribution in [2.45, 2.75) is 56.9 Å². The molecule has 2 N–H and O–H groups in total. The molecule has 5 heteroatoms. The van der Waals surface area contributed by atoms with Gasteiger partial charge in [0.2, 0.25) is 0 Å². The van der Waals surface area contributed by atoms with Crippen LogP contribution in [-0.2, 0) is 6.54 Å². The van der Waals surface area contributed by atoms with Gasteiger partial charge in [0.05, 0.1) is 5.69 Å². The number of Topliss-reactive ketones (excluding diaryl/α,β-unsaturated/α-hetero) is 1. The van der Waals surface area contributed by atoms with E-state index in [-0.39, 0.29) is 17.6 Å². The van der Waals surface area contributed by atoms with Gasteiger partial charge in [-0.1, -0.05) is 6.07 Å². The average Bonchev–Trinajstić information content (AvgIpc) is 3.51. The second kappa shape index (κ2) is 7.47. The summed E-state index contributed by atoms with van der Waals surface area (Å²) in [4.78, 5) is 17.7. The van der Waals surface area contributed by atoms with E-state index in [1.165, 1.54) is 12.1 Å². The molecule has 1 aromatic carbocycles. The van der Waals surface area contributed by atoms with E-state index in [9.17, 15) is 13.6 Å². The van der Waals surface area contributed by atoms with Crippen LogP contribution in [-0.4, -0.2) is 10.8 Å². The van der Waals surface area contributed by atoms with E-state index < -0.39 is 11.6 Å². The Labute approximate surface area is 158 Å². The van der Waals surface area contributed by atoms with E-state index in [4.69, 9.17) is 5.73 Å². The quantitative estimate of drug-likeness (QED) is 0.765. The molecule has 2 aliphatic rings. The van der Waals surface area contributed by atoms with Crippen LogP contribution in [0.3, 0.4) is 0 Å². The van der Waals surface area contributed by atoms with Crippen molar-refractivity contribution in [3.05, 3.63) is 64.5 Å². The van der Waals surface area contributed by atoms with E-state index in [1.807, 2.05) is 12.1 Å². The fourth-order valence-corrected chi connectivity index (χ4v) is 4.24. The van der Waals surface area contributed by atoms with Crippen LogP contribution in [0.1, 0.15) is 77.7 Å². The number of carbonyl (C=O) groups is 1. The van der Waals surface area contributed by atoms with Gasteiger partial charge in [-0.05, 0) is 79.7 Å². The van der Waals surface area contributed by atoms with Gasteiger partial charge in [-0.2, -0.15) is 0 Å². The first kappa shape index (κ1) is 18.2. The van der Waals surface area contributed by atoms with Gasteiger partial charge in [0.1, 0.15) is 17.3 Å². The first-order valence-electron chi connectivity index (χ1n) is 9.75. The number of carbonyl (C=O) groups excluding carboxylic acids is 1. The maximum atomic E-state index is 13.5. The second-order valence-electron chi connectivity index (χ2n) is 7.83. The van der Waals surface area contributed by atoms with Crippen LogP contribution in [0, 0.1) is 17.6 Å². The van der Waals surface area contributed by atoms with Gasteiger partial charge in [-0.25, -0.2) is 13.8 Å². The Kier molecular flexibility index (Phi) is 5.04. The normalized spacial score (nSPS) is 22.6. The topological polar surface area (TPSA) is 56.0 Å². The van der Waals surface area contributed by atoms with Crippen LogP contribution in [0.4, 0.5) is 8.78 Å². The van der Waals surface area contributed by atoms with Crippen LogP contribution in [0.5, 0.6) is 0 Å². The number of nitrogens with zero attached hydrogens (tertiary/aromatic N) is 1. The molecule has 2 fully saturated rings. The number of nitrogens with two attached hydrogens (primary N) is 1. The molecule has 0 atom stereocenters. The van der Waals surface area contributed by atoms with Gasteiger partial charge >= 0.3 is 0 Å². The number of halogens is 2. The van der Waals surface area contributed by atoms with Gasteiger partial charge < -0.3 is 5.73 Å². The molecule has 3 nitrogen and oxygen atoms in total. The highest BCUT2D eigenvalue weighted by molar-refractivity contribution is 5.97. The predicted molar refractivity (Wildman–Crippen MR) is 99.5 cm³/mol. The van der Waals surface area contributed by atoms with Crippen LogP contribution in [0.15, 0.2) is 30.3 Å². The first-order valence-corrected chi connectivity index (χ1v) is 9.75. The summed E-state index contributed by atoms with van der Waals surface area (Å²) in [5.74, 6) is -0.491. The monoisotopic (exact) mass is 370 g/mol. The predicted octanol–water partition coefficient (Wildman–Crippen LogP) is 4.85. The molecule has 0 saturated heterocycles.